The molecule has 7 heteroatoms. The van der Waals surface area contributed by atoms with Crippen molar-refractivity contribution in [3.05, 3.63) is 65.0 Å². The smallest absolute Gasteiger partial charge is 0.255 e. The second-order valence-corrected chi connectivity index (χ2v) is 7.08. The number of aryl methyl sites for hydroxylation is 1. The molecule has 0 N–H and O–H groups in total. The lowest BCUT2D eigenvalue weighted by molar-refractivity contribution is 0.0747. The Hall–Kier alpha value is -2.86. The summed E-state index contributed by atoms with van der Waals surface area (Å²) in [5.41, 5.74) is 2.61. The Balaban J connectivity index is 1.40. The van der Waals surface area contributed by atoms with Gasteiger partial charge in [-0.1, -0.05) is 35.8 Å². The number of aromatic nitrogens is 2. The van der Waals surface area contributed by atoms with E-state index in [-0.39, 0.29) is 5.91 Å². The highest BCUT2D eigenvalue weighted by atomic mass is 35.5. The fourth-order valence-electron chi connectivity index (χ4n) is 3.31. The average Bonchev–Trinajstić information content (AvgIpc) is 3.23. The molecule has 0 radical (unpaired) electrons. The minimum atomic E-state index is -0.00978. The molecule has 0 saturated carbocycles. The van der Waals surface area contributed by atoms with Gasteiger partial charge in [0.1, 0.15) is 0 Å². The Morgan fingerprint density at radius 2 is 1.79 bits per heavy atom. The van der Waals surface area contributed by atoms with Crippen LogP contribution < -0.4 is 4.90 Å². The molecule has 144 valence electrons. The largest absolute Gasteiger partial charge is 0.368 e. The summed E-state index contributed by atoms with van der Waals surface area (Å²) in [6.45, 7) is 4.86. The fourth-order valence-corrected chi connectivity index (χ4v) is 3.53. The minimum absolute atomic E-state index is 0.00978. The van der Waals surface area contributed by atoms with Crippen LogP contribution in [0.4, 0.5) is 5.69 Å². The summed E-state index contributed by atoms with van der Waals surface area (Å²) >= 11 is 6.16. The lowest BCUT2D eigenvalue weighted by atomic mass is 10.1. The third-order valence-corrected chi connectivity index (χ3v) is 5.26. The molecule has 28 heavy (non-hydrogen) atoms. The molecule has 1 saturated heterocycles. The molecule has 2 aromatic carbocycles. The van der Waals surface area contributed by atoms with Crippen molar-refractivity contribution in [3.63, 3.8) is 0 Å². The van der Waals surface area contributed by atoms with Crippen molar-refractivity contribution in [2.24, 2.45) is 0 Å². The molecule has 2 heterocycles. The van der Waals surface area contributed by atoms with E-state index < -0.39 is 0 Å². The molecule has 0 unspecified atom stereocenters. The summed E-state index contributed by atoms with van der Waals surface area (Å²) in [7, 11) is 0. The van der Waals surface area contributed by atoms with E-state index in [1.165, 1.54) is 0 Å². The number of rotatable bonds is 4. The monoisotopic (exact) mass is 396 g/mol. The number of benzene rings is 2. The maximum Gasteiger partial charge on any atom is 0.255 e. The topological polar surface area (TPSA) is 62.5 Å². The van der Waals surface area contributed by atoms with Crippen molar-refractivity contribution in [1.82, 2.24) is 15.0 Å². The van der Waals surface area contributed by atoms with Crippen molar-refractivity contribution in [1.29, 1.82) is 0 Å². The number of carbonyl (C=O) groups is 1. The molecular formula is C21H21ClN4O2. The van der Waals surface area contributed by atoms with Crippen LogP contribution in [0, 0.1) is 0 Å². The second kappa shape index (κ2) is 8.02. The van der Waals surface area contributed by atoms with Crippen molar-refractivity contribution < 1.29 is 9.32 Å². The Labute approximate surface area is 168 Å². The van der Waals surface area contributed by atoms with Crippen LogP contribution in [0.3, 0.4) is 0 Å². The molecule has 0 atom stereocenters. The zero-order valence-corrected chi connectivity index (χ0v) is 16.4. The molecule has 1 aliphatic rings. The van der Waals surface area contributed by atoms with Crippen LogP contribution in [0.5, 0.6) is 0 Å². The molecule has 0 spiro atoms. The van der Waals surface area contributed by atoms with Crippen molar-refractivity contribution in [2.75, 3.05) is 31.1 Å². The number of nitrogens with zero attached hydrogens (tertiary/aromatic N) is 4. The van der Waals surface area contributed by atoms with Crippen LogP contribution in [0.25, 0.3) is 11.4 Å². The third kappa shape index (κ3) is 3.73. The van der Waals surface area contributed by atoms with Gasteiger partial charge in [0.25, 0.3) is 5.91 Å². The van der Waals surface area contributed by atoms with Crippen molar-refractivity contribution in [2.45, 2.75) is 13.3 Å². The van der Waals surface area contributed by atoms with Gasteiger partial charge in [-0.05, 0) is 36.4 Å². The number of piperazine rings is 1. The molecule has 1 aromatic heterocycles. The summed E-state index contributed by atoms with van der Waals surface area (Å²) < 4.78 is 5.18. The second-order valence-electron chi connectivity index (χ2n) is 6.67. The quantitative estimate of drug-likeness (QED) is 0.669. The van der Waals surface area contributed by atoms with Gasteiger partial charge < -0.3 is 14.3 Å². The molecule has 1 fully saturated rings. The maximum absolute atomic E-state index is 12.7. The molecule has 6 nitrogen and oxygen atoms in total. The highest BCUT2D eigenvalue weighted by molar-refractivity contribution is 6.33. The van der Waals surface area contributed by atoms with E-state index in [0.717, 1.165) is 30.8 Å². The standard InChI is InChI=1S/C21H21ClN4O2/c1-2-19-23-20(24-28-19)15-7-9-16(10-8-15)25-11-13-26(14-12-25)21(27)17-5-3-4-6-18(17)22/h3-10H,2,11-14H2,1H3. The third-order valence-electron chi connectivity index (χ3n) is 4.93. The van der Waals surface area contributed by atoms with Crippen LogP contribution in [0.2, 0.25) is 5.02 Å². The van der Waals surface area contributed by atoms with Gasteiger partial charge >= 0.3 is 0 Å². The zero-order chi connectivity index (χ0) is 19.5. The maximum atomic E-state index is 12.7. The van der Waals surface area contributed by atoms with Gasteiger partial charge in [-0.2, -0.15) is 4.98 Å². The fraction of sp³-hybridized carbons (Fsp3) is 0.286. The number of halogens is 1. The predicted molar refractivity (Wildman–Crippen MR) is 109 cm³/mol. The van der Waals surface area contributed by atoms with Gasteiger partial charge in [-0.15, -0.1) is 0 Å². The molecule has 3 aromatic rings. The Morgan fingerprint density at radius 1 is 1.07 bits per heavy atom. The molecule has 4 rings (SSSR count). The first-order chi connectivity index (χ1) is 13.7. The number of hydrogen-bond acceptors (Lipinski definition) is 5. The molecule has 1 aliphatic heterocycles. The minimum Gasteiger partial charge on any atom is -0.368 e. The van der Waals surface area contributed by atoms with Crippen LogP contribution in [-0.2, 0) is 6.42 Å². The number of anilines is 1. The van der Waals surface area contributed by atoms with Crippen molar-refractivity contribution >= 4 is 23.2 Å². The van der Waals surface area contributed by atoms with E-state index in [2.05, 4.69) is 27.2 Å². The van der Waals surface area contributed by atoms with E-state index in [1.54, 1.807) is 12.1 Å². The van der Waals surface area contributed by atoms with Crippen LogP contribution in [0.1, 0.15) is 23.2 Å². The lowest BCUT2D eigenvalue weighted by Crippen LogP contribution is -2.48. The van der Waals surface area contributed by atoms with E-state index in [4.69, 9.17) is 16.1 Å². The Morgan fingerprint density at radius 3 is 2.43 bits per heavy atom. The molecule has 1 amide bonds. The van der Waals surface area contributed by atoms with E-state index >= 15 is 0 Å². The lowest BCUT2D eigenvalue weighted by Gasteiger charge is -2.36. The first-order valence-electron chi connectivity index (χ1n) is 9.37. The molecular weight excluding hydrogens is 376 g/mol. The summed E-state index contributed by atoms with van der Waals surface area (Å²) in [6, 6.07) is 15.3. The summed E-state index contributed by atoms with van der Waals surface area (Å²) in [6.07, 6.45) is 0.724. The van der Waals surface area contributed by atoms with E-state index in [9.17, 15) is 4.79 Å². The van der Waals surface area contributed by atoms with E-state index in [1.807, 2.05) is 36.1 Å². The number of carbonyl (C=O) groups excluding carboxylic acids is 1. The summed E-state index contributed by atoms with van der Waals surface area (Å²) in [4.78, 5) is 21.2. The zero-order valence-electron chi connectivity index (χ0n) is 15.6. The van der Waals surface area contributed by atoms with Crippen LogP contribution >= 0.6 is 11.6 Å². The van der Waals surface area contributed by atoms with Gasteiger partial charge in [0.05, 0.1) is 10.6 Å². The van der Waals surface area contributed by atoms with Crippen molar-refractivity contribution in [3.8, 4) is 11.4 Å². The molecule has 0 bridgehead atoms. The highest BCUT2D eigenvalue weighted by Gasteiger charge is 2.23. The summed E-state index contributed by atoms with van der Waals surface area (Å²) in [5.74, 6) is 1.24. The van der Waals surface area contributed by atoms with Gasteiger partial charge in [0.15, 0.2) is 0 Å². The SMILES string of the molecule is CCc1nc(-c2ccc(N3CCN(C(=O)c4ccccc4Cl)CC3)cc2)no1. The predicted octanol–water partition coefficient (Wildman–Crippen LogP) is 3.91. The van der Waals surface area contributed by atoms with Gasteiger partial charge in [-0.3, -0.25) is 4.79 Å². The van der Waals surface area contributed by atoms with E-state index in [0.29, 0.717) is 35.4 Å². The normalized spacial score (nSPS) is 14.4. The van der Waals surface area contributed by atoms with Crippen LogP contribution in [0.15, 0.2) is 53.1 Å². The first kappa shape index (κ1) is 18.5. The Kier molecular flexibility index (Phi) is 5.30. The molecule has 0 aliphatic carbocycles. The van der Waals surface area contributed by atoms with Gasteiger partial charge in [0.2, 0.25) is 11.7 Å². The number of amides is 1. The summed E-state index contributed by atoms with van der Waals surface area (Å²) in [5, 5.41) is 4.51. The number of hydrogen-bond donors (Lipinski definition) is 0. The van der Waals surface area contributed by atoms with Gasteiger partial charge in [0, 0.05) is 43.9 Å². The van der Waals surface area contributed by atoms with Gasteiger partial charge in [-0.25, -0.2) is 0 Å². The highest BCUT2D eigenvalue weighted by Crippen LogP contribution is 2.23. The Bertz CT molecular complexity index is 963. The van der Waals surface area contributed by atoms with Crippen LogP contribution in [-0.4, -0.2) is 47.1 Å². The first-order valence-corrected chi connectivity index (χ1v) is 9.75. The average molecular weight is 397 g/mol.